The molecule has 1 saturated heterocycles. The van der Waals surface area contributed by atoms with Crippen LogP contribution in [0.2, 0.25) is 0 Å². The van der Waals surface area contributed by atoms with Gasteiger partial charge in [0.1, 0.15) is 17.3 Å². The fourth-order valence-electron chi connectivity index (χ4n) is 3.05. The standard InChI is InChI=1S/C16H22F2N2/c1-16(2)6-3-7-20(16)15-13(17)8-11(9-14(15)18)10-19-12-4-5-12/h8-9,12,19H,3-7,10H2,1-2H3. The van der Waals surface area contributed by atoms with E-state index in [0.717, 1.165) is 19.4 Å². The second-order valence-corrected chi connectivity index (χ2v) is 6.63. The molecule has 0 bridgehead atoms. The van der Waals surface area contributed by atoms with E-state index in [1.54, 1.807) is 0 Å². The van der Waals surface area contributed by atoms with Gasteiger partial charge in [0.25, 0.3) is 0 Å². The first kappa shape index (κ1) is 13.8. The molecular formula is C16H22F2N2. The number of hydrogen-bond donors (Lipinski definition) is 1. The summed E-state index contributed by atoms with van der Waals surface area (Å²) in [6.45, 7) is 5.35. The van der Waals surface area contributed by atoms with Gasteiger partial charge in [0, 0.05) is 24.7 Å². The van der Waals surface area contributed by atoms with Gasteiger partial charge in [0.15, 0.2) is 0 Å². The smallest absolute Gasteiger partial charge is 0.149 e. The van der Waals surface area contributed by atoms with E-state index >= 15 is 0 Å². The molecule has 110 valence electrons. The molecule has 1 aliphatic carbocycles. The van der Waals surface area contributed by atoms with Crippen molar-refractivity contribution in [3.8, 4) is 0 Å². The van der Waals surface area contributed by atoms with Crippen LogP contribution in [-0.2, 0) is 6.54 Å². The molecule has 0 unspecified atom stereocenters. The molecule has 0 atom stereocenters. The molecule has 3 rings (SSSR count). The highest BCUT2D eigenvalue weighted by molar-refractivity contribution is 5.53. The van der Waals surface area contributed by atoms with Crippen LogP contribution in [0.5, 0.6) is 0 Å². The summed E-state index contributed by atoms with van der Waals surface area (Å²) in [5, 5.41) is 3.29. The van der Waals surface area contributed by atoms with E-state index in [9.17, 15) is 8.78 Å². The Morgan fingerprint density at radius 2 is 1.90 bits per heavy atom. The first-order chi connectivity index (χ1) is 9.47. The molecule has 1 heterocycles. The molecule has 4 heteroatoms. The lowest BCUT2D eigenvalue weighted by Crippen LogP contribution is -2.39. The summed E-state index contributed by atoms with van der Waals surface area (Å²) in [5.74, 6) is -0.875. The second-order valence-electron chi connectivity index (χ2n) is 6.63. The largest absolute Gasteiger partial charge is 0.362 e. The van der Waals surface area contributed by atoms with E-state index in [1.807, 2.05) is 18.7 Å². The summed E-state index contributed by atoms with van der Waals surface area (Å²) in [5.41, 5.74) is 0.658. The minimum atomic E-state index is -0.437. The van der Waals surface area contributed by atoms with Gasteiger partial charge >= 0.3 is 0 Å². The maximum atomic E-state index is 14.3. The van der Waals surface area contributed by atoms with Crippen molar-refractivity contribution < 1.29 is 8.78 Å². The van der Waals surface area contributed by atoms with E-state index < -0.39 is 11.6 Å². The third-order valence-corrected chi connectivity index (χ3v) is 4.42. The number of rotatable bonds is 4. The van der Waals surface area contributed by atoms with E-state index in [-0.39, 0.29) is 11.2 Å². The predicted octanol–water partition coefficient (Wildman–Crippen LogP) is 3.60. The predicted molar refractivity (Wildman–Crippen MR) is 76.9 cm³/mol. The Labute approximate surface area is 119 Å². The summed E-state index contributed by atoms with van der Waals surface area (Å²) >= 11 is 0. The first-order valence-electron chi connectivity index (χ1n) is 7.46. The van der Waals surface area contributed by atoms with Crippen molar-refractivity contribution >= 4 is 5.69 Å². The van der Waals surface area contributed by atoms with Gasteiger partial charge in [-0.3, -0.25) is 0 Å². The van der Waals surface area contributed by atoms with Gasteiger partial charge in [-0.05, 0) is 57.2 Å². The van der Waals surface area contributed by atoms with Gasteiger partial charge in [-0.1, -0.05) is 0 Å². The van der Waals surface area contributed by atoms with Crippen molar-refractivity contribution in [1.82, 2.24) is 5.32 Å². The zero-order valence-corrected chi connectivity index (χ0v) is 12.2. The number of halogens is 2. The lowest BCUT2D eigenvalue weighted by molar-refractivity contribution is 0.490. The van der Waals surface area contributed by atoms with E-state index in [1.165, 1.54) is 25.0 Å². The van der Waals surface area contributed by atoms with Crippen LogP contribution in [0.15, 0.2) is 12.1 Å². The number of hydrogen-bond acceptors (Lipinski definition) is 2. The minimum Gasteiger partial charge on any atom is -0.362 e. The topological polar surface area (TPSA) is 15.3 Å². The highest BCUT2D eigenvalue weighted by Gasteiger charge is 2.35. The quantitative estimate of drug-likeness (QED) is 0.906. The molecule has 2 fully saturated rings. The molecule has 1 aromatic carbocycles. The maximum absolute atomic E-state index is 14.3. The van der Waals surface area contributed by atoms with Crippen LogP contribution in [0.4, 0.5) is 14.5 Å². The molecule has 2 aliphatic rings. The highest BCUT2D eigenvalue weighted by Crippen LogP contribution is 2.37. The summed E-state index contributed by atoms with van der Waals surface area (Å²) in [7, 11) is 0. The van der Waals surface area contributed by atoms with Crippen LogP contribution in [0.1, 0.15) is 45.1 Å². The summed E-state index contributed by atoms with van der Waals surface area (Å²) < 4.78 is 28.7. The molecule has 1 N–H and O–H groups in total. The van der Waals surface area contributed by atoms with Crippen LogP contribution >= 0.6 is 0 Å². The molecule has 0 aromatic heterocycles. The molecule has 1 saturated carbocycles. The van der Waals surface area contributed by atoms with Crippen molar-refractivity contribution in [2.45, 2.75) is 57.7 Å². The minimum absolute atomic E-state index is 0.141. The van der Waals surface area contributed by atoms with Crippen molar-refractivity contribution in [3.63, 3.8) is 0 Å². The normalized spacial score (nSPS) is 21.5. The van der Waals surface area contributed by atoms with Crippen molar-refractivity contribution in [3.05, 3.63) is 29.3 Å². The molecule has 0 amide bonds. The van der Waals surface area contributed by atoms with Gasteiger partial charge < -0.3 is 10.2 Å². The van der Waals surface area contributed by atoms with Crippen molar-refractivity contribution in [1.29, 1.82) is 0 Å². The molecule has 0 radical (unpaired) electrons. The SMILES string of the molecule is CC1(C)CCCN1c1c(F)cc(CNC2CC2)cc1F. The molecule has 1 aliphatic heterocycles. The lowest BCUT2D eigenvalue weighted by atomic mass is 10.0. The Morgan fingerprint density at radius 3 is 2.40 bits per heavy atom. The zero-order valence-electron chi connectivity index (χ0n) is 12.2. The average Bonchev–Trinajstić information content (AvgIpc) is 3.12. The molecule has 0 spiro atoms. The first-order valence-corrected chi connectivity index (χ1v) is 7.46. The van der Waals surface area contributed by atoms with Crippen LogP contribution in [0.25, 0.3) is 0 Å². The number of benzene rings is 1. The van der Waals surface area contributed by atoms with Gasteiger partial charge in [0.2, 0.25) is 0 Å². The summed E-state index contributed by atoms with van der Waals surface area (Å²) in [6, 6.07) is 3.49. The van der Waals surface area contributed by atoms with Gasteiger partial charge in [-0.2, -0.15) is 0 Å². The third-order valence-electron chi connectivity index (χ3n) is 4.42. The van der Waals surface area contributed by atoms with E-state index in [4.69, 9.17) is 0 Å². The van der Waals surface area contributed by atoms with E-state index in [2.05, 4.69) is 5.32 Å². The maximum Gasteiger partial charge on any atom is 0.149 e. The fourth-order valence-corrected chi connectivity index (χ4v) is 3.05. The fraction of sp³-hybridized carbons (Fsp3) is 0.625. The zero-order chi connectivity index (χ0) is 14.3. The lowest BCUT2D eigenvalue weighted by Gasteiger charge is -2.34. The number of anilines is 1. The summed E-state index contributed by atoms with van der Waals surface area (Å²) in [4.78, 5) is 1.87. The molecule has 20 heavy (non-hydrogen) atoms. The van der Waals surface area contributed by atoms with Crippen LogP contribution in [0.3, 0.4) is 0 Å². The second kappa shape index (κ2) is 4.99. The van der Waals surface area contributed by atoms with Crippen LogP contribution in [-0.4, -0.2) is 18.1 Å². The number of nitrogens with zero attached hydrogens (tertiary/aromatic N) is 1. The van der Waals surface area contributed by atoms with E-state index in [0.29, 0.717) is 18.2 Å². The van der Waals surface area contributed by atoms with Gasteiger partial charge in [-0.15, -0.1) is 0 Å². The summed E-state index contributed by atoms with van der Waals surface area (Å²) in [6.07, 6.45) is 4.30. The Hall–Kier alpha value is -1.16. The number of nitrogens with one attached hydrogen (secondary N) is 1. The highest BCUT2D eigenvalue weighted by atomic mass is 19.1. The monoisotopic (exact) mass is 280 g/mol. The average molecular weight is 280 g/mol. The Morgan fingerprint density at radius 1 is 1.25 bits per heavy atom. The van der Waals surface area contributed by atoms with Crippen molar-refractivity contribution in [2.75, 3.05) is 11.4 Å². The third kappa shape index (κ3) is 2.66. The molecule has 2 nitrogen and oxygen atoms in total. The Kier molecular flexibility index (Phi) is 3.44. The van der Waals surface area contributed by atoms with Crippen LogP contribution < -0.4 is 10.2 Å². The van der Waals surface area contributed by atoms with Gasteiger partial charge in [0.05, 0.1) is 0 Å². The van der Waals surface area contributed by atoms with Crippen LogP contribution in [0, 0.1) is 11.6 Å². The Balaban J connectivity index is 1.84. The Bertz CT molecular complexity index is 486. The van der Waals surface area contributed by atoms with Gasteiger partial charge in [-0.25, -0.2) is 8.78 Å². The molecular weight excluding hydrogens is 258 g/mol. The molecule has 1 aromatic rings. The van der Waals surface area contributed by atoms with Crippen molar-refractivity contribution in [2.24, 2.45) is 0 Å².